The molecule has 0 radical (unpaired) electrons. The summed E-state index contributed by atoms with van der Waals surface area (Å²) in [5.41, 5.74) is 0.581. The molecule has 0 saturated carbocycles. The number of carboxylic acids is 1. The maximum Gasteiger partial charge on any atom is 0.335 e. The van der Waals surface area contributed by atoms with E-state index in [0.717, 1.165) is 6.07 Å². The van der Waals surface area contributed by atoms with E-state index in [0.29, 0.717) is 22.2 Å². The standard InChI is InChI=1S/C14H9F3O2S/c15-12-7-9(13(18)19)3-6-11(12)8-1-4-10(5-2-8)20-14(16)17/h1-7,14H,(H,18,19). The predicted octanol–water partition coefficient (Wildman–Crippen LogP) is 4.51. The van der Waals surface area contributed by atoms with Gasteiger partial charge < -0.3 is 5.11 Å². The van der Waals surface area contributed by atoms with Crippen LogP contribution in [0.4, 0.5) is 13.2 Å². The van der Waals surface area contributed by atoms with Gasteiger partial charge in [-0.3, -0.25) is 0 Å². The Labute approximate surface area is 117 Å². The zero-order valence-corrected chi connectivity index (χ0v) is 10.8. The van der Waals surface area contributed by atoms with Crippen LogP contribution in [-0.2, 0) is 0 Å². The minimum Gasteiger partial charge on any atom is -0.478 e. The number of carbonyl (C=O) groups is 1. The van der Waals surface area contributed by atoms with Gasteiger partial charge in [-0.1, -0.05) is 30.0 Å². The third-order valence-electron chi connectivity index (χ3n) is 2.61. The van der Waals surface area contributed by atoms with Crippen molar-refractivity contribution < 1.29 is 23.1 Å². The van der Waals surface area contributed by atoms with E-state index in [4.69, 9.17) is 5.11 Å². The SMILES string of the molecule is O=C(O)c1ccc(-c2ccc(SC(F)F)cc2)c(F)c1. The summed E-state index contributed by atoms with van der Waals surface area (Å²) >= 11 is 0.408. The van der Waals surface area contributed by atoms with Gasteiger partial charge in [0, 0.05) is 10.5 Å². The molecule has 2 rings (SSSR count). The van der Waals surface area contributed by atoms with E-state index in [1.807, 2.05) is 0 Å². The zero-order valence-electron chi connectivity index (χ0n) is 10.0. The molecule has 0 amide bonds. The van der Waals surface area contributed by atoms with Crippen LogP contribution in [0, 0.1) is 5.82 Å². The normalized spacial score (nSPS) is 10.8. The van der Waals surface area contributed by atoms with Crippen LogP contribution in [0.3, 0.4) is 0 Å². The Morgan fingerprint density at radius 2 is 1.75 bits per heavy atom. The van der Waals surface area contributed by atoms with Crippen LogP contribution < -0.4 is 0 Å². The van der Waals surface area contributed by atoms with Gasteiger partial charge in [0.15, 0.2) is 0 Å². The maximum absolute atomic E-state index is 13.8. The van der Waals surface area contributed by atoms with Gasteiger partial charge in [-0.15, -0.1) is 0 Å². The molecule has 0 fully saturated rings. The minimum absolute atomic E-state index is 0.142. The zero-order chi connectivity index (χ0) is 14.7. The molecule has 0 unspecified atom stereocenters. The molecule has 6 heteroatoms. The average Bonchev–Trinajstić information content (AvgIpc) is 2.39. The molecular formula is C14H9F3O2S. The number of carboxylic acid groups (broad SMARTS) is 1. The summed E-state index contributed by atoms with van der Waals surface area (Å²) in [5, 5.41) is 8.75. The molecule has 0 heterocycles. The fourth-order valence-corrected chi connectivity index (χ4v) is 2.20. The van der Waals surface area contributed by atoms with Crippen LogP contribution in [0.2, 0.25) is 0 Å². The number of halogens is 3. The Balaban J connectivity index is 2.30. The number of thioether (sulfide) groups is 1. The Bertz CT molecular complexity index is 627. The fourth-order valence-electron chi connectivity index (χ4n) is 1.70. The van der Waals surface area contributed by atoms with Crippen LogP contribution in [0.1, 0.15) is 10.4 Å². The maximum atomic E-state index is 13.8. The van der Waals surface area contributed by atoms with Crippen LogP contribution in [-0.4, -0.2) is 16.8 Å². The molecule has 0 spiro atoms. The van der Waals surface area contributed by atoms with Gasteiger partial charge in [0.05, 0.1) is 5.56 Å². The highest BCUT2D eigenvalue weighted by Crippen LogP contribution is 2.29. The Morgan fingerprint density at radius 1 is 1.10 bits per heavy atom. The molecule has 0 aliphatic heterocycles. The second-order valence-electron chi connectivity index (χ2n) is 3.90. The minimum atomic E-state index is -2.51. The van der Waals surface area contributed by atoms with E-state index in [-0.39, 0.29) is 11.1 Å². The summed E-state index contributed by atoms with van der Waals surface area (Å²) in [6.07, 6.45) is 0. The lowest BCUT2D eigenvalue weighted by Gasteiger charge is -2.06. The van der Waals surface area contributed by atoms with Crippen molar-refractivity contribution >= 4 is 17.7 Å². The highest BCUT2D eigenvalue weighted by molar-refractivity contribution is 7.99. The Kier molecular flexibility index (Phi) is 4.34. The van der Waals surface area contributed by atoms with Crippen molar-refractivity contribution in [2.45, 2.75) is 10.7 Å². The largest absolute Gasteiger partial charge is 0.478 e. The van der Waals surface area contributed by atoms with Crippen molar-refractivity contribution in [3.8, 4) is 11.1 Å². The van der Waals surface area contributed by atoms with E-state index in [2.05, 4.69) is 0 Å². The van der Waals surface area contributed by atoms with Gasteiger partial charge in [-0.2, -0.15) is 8.78 Å². The molecule has 2 nitrogen and oxygen atoms in total. The predicted molar refractivity (Wildman–Crippen MR) is 70.7 cm³/mol. The Hall–Kier alpha value is -1.95. The lowest BCUT2D eigenvalue weighted by Crippen LogP contribution is -1.97. The van der Waals surface area contributed by atoms with E-state index in [1.165, 1.54) is 36.4 Å². The number of aromatic carboxylic acids is 1. The third-order valence-corrected chi connectivity index (χ3v) is 3.33. The molecule has 104 valence electrons. The molecule has 2 aromatic rings. The van der Waals surface area contributed by atoms with Gasteiger partial charge in [-0.25, -0.2) is 9.18 Å². The first-order valence-electron chi connectivity index (χ1n) is 5.55. The van der Waals surface area contributed by atoms with Gasteiger partial charge in [0.2, 0.25) is 0 Å². The molecule has 0 aliphatic carbocycles. The third kappa shape index (κ3) is 3.33. The molecular weight excluding hydrogens is 289 g/mol. The molecule has 0 atom stereocenters. The highest BCUT2D eigenvalue weighted by atomic mass is 32.2. The molecule has 0 bridgehead atoms. The molecule has 1 N–H and O–H groups in total. The van der Waals surface area contributed by atoms with E-state index >= 15 is 0 Å². The second kappa shape index (κ2) is 6.00. The van der Waals surface area contributed by atoms with Crippen molar-refractivity contribution in [1.29, 1.82) is 0 Å². The van der Waals surface area contributed by atoms with Crippen LogP contribution in [0.15, 0.2) is 47.4 Å². The summed E-state index contributed by atoms with van der Waals surface area (Å²) in [6, 6.07) is 9.55. The van der Waals surface area contributed by atoms with Crippen LogP contribution in [0.5, 0.6) is 0 Å². The van der Waals surface area contributed by atoms with Gasteiger partial charge in [0.25, 0.3) is 5.76 Å². The van der Waals surface area contributed by atoms with Crippen molar-refractivity contribution in [3.05, 3.63) is 53.8 Å². The highest BCUT2D eigenvalue weighted by Gasteiger charge is 2.10. The molecule has 2 aromatic carbocycles. The van der Waals surface area contributed by atoms with Gasteiger partial charge >= 0.3 is 5.97 Å². The van der Waals surface area contributed by atoms with Crippen molar-refractivity contribution in [1.82, 2.24) is 0 Å². The molecule has 0 aromatic heterocycles. The van der Waals surface area contributed by atoms with Crippen molar-refractivity contribution in [2.24, 2.45) is 0 Å². The first kappa shape index (κ1) is 14.5. The monoisotopic (exact) mass is 298 g/mol. The fraction of sp³-hybridized carbons (Fsp3) is 0.0714. The first-order chi connectivity index (χ1) is 9.47. The van der Waals surface area contributed by atoms with E-state index in [1.54, 1.807) is 0 Å². The smallest absolute Gasteiger partial charge is 0.335 e. The average molecular weight is 298 g/mol. The summed E-state index contributed by atoms with van der Waals surface area (Å²) in [5.74, 6) is -4.38. The van der Waals surface area contributed by atoms with Gasteiger partial charge in [0.1, 0.15) is 5.82 Å². The van der Waals surface area contributed by atoms with Crippen molar-refractivity contribution in [2.75, 3.05) is 0 Å². The van der Waals surface area contributed by atoms with Gasteiger partial charge in [-0.05, 0) is 29.8 Å². The number of rotatable bonds is 4. The summed E-state index contributed by atoms with van der Waals surface area (Å²) < 4.78 is 38.2. The van der Waals surface area contributed by atoms with E-state index in [9.17, 15) is 18.0 Å². The van der Waals surface area contributed by atoms with Crippen molar-refractivity contribution in [3.63, 3.8) is 0 Å². The summed E-state index contributed by atoms with van der Waals surface area (Å²) in [7, 11) is 0. The first-order valence-corrected chi connectivity index (χ1v) is 6.43. The lowest BCUT2D eigenvalue weighted by molar-refractivity contribution is 0.0696. The van der Waals surface area contributed by atoms with Crippen LogP contribution in [0.25, 0.3) is 11.1 Å². The number of benzene rings is 2. The molecule has 0 saturated heterocycles. The van der Waals surface area contributed by atoms with Crippen LogP contribution >= 0.6 is 11.8 Å². The topological polar surface area (TPSA) is 37.3 Å². The number of hydrogen-bond donors (Lipinski definition) is 1. The summed E-state index contributed by atoms with van der Waals surface area (Å²) in [6.45, 7) is 0. The molecule has 20 heavy (non-hydrogen) atoms. The second-order valence-corrected chi connectivity index (χ2v) is 4.97. The molecule has 0 aliphatic rings. The number of hydrogen-bond acceptors (Lipinski definition) is 2. The lowest BCUT2D eigenvalue weighted by atomic mass is 10.0. The summed E-state index contributed by atoms with van der Waals surface area (Å²) in [4.78, 5) is 11.1. The number of alkyl halides is 2. The van der Waals surface area contributed by atoms with E-state index < -0.39 is 17.5 Å². The quantitative estimate of drug-likeness (QED) is 0.844. The Morgan fingerprint density at radius 3 is 2.25 bits per heavy atom.